The lowest BCUT2D eigenvalue weighted by Crippen LogP contribution is -2.86. The Kier molecular flexibility index (Phi) is 19.4. The molecule has 0 unspecified atom stereocenters. The zero-order valence-electron chi connectivity index (χ0n) is 44.7. The van der Waals surface area contributed by atoms with Crippen molar-refractivity contribution in [3.8, 4) is 0 Å². The lowest BCUT2D eigenvalue weighted by molar-refractivity contribution is -0.381. The number of esters is 3. The van der Waals surface area contributed by atoms with Crippen LogP contribution in [-0.4, -0.2) is 133 Å². The van der Waals surface area contributed by atoms with Gasteiger partial charge in [0.2, 0.25) is 6.10 Å². The van der Waals surface area contributed by atoms with Crippen molar-refractivity contribution in [1.29, 1.82) is 0 Å². The molecule has 1 saturated heterocycles. The highest BCUT2D eigenvalue weighted by molar-refractivity contribution is 8.76. The number of nitrogens with one attached hydrogen (secondary N) is 1. The number of carbonyl (C=O) groups is 6. The third kappa shape index (κ3) is 11.3. The van der Waals surface area contributed by atoms with Gasteiger partial charge >= 0.3 is 30.2 Å². The van der Waals surface area contributed by atoms with Gasteiger partial charge in [0.05, 0.1) is 29.1 Å². The smallest absolute Gasteiger partial charge is 0.455 e. The molecular weight excluding hydrogens is 983 g/mol. The lowest BCUT2D eigenvalue weighted by atomic mass is 9.38. The number of methoxy groups -OCH3 is 2. The second kappa shape index (κ2) is 23.9. The summed E-state index contributed by atoms with van der Waals surface area (Å²) < 4.78 is 54.8. The van der Waals surface area contributed by atoms with Gasteiger partial charge in [0.1, 0.15) is 48.3 Å². The summed E-state index contributed by atoms with van der Waals surface area (Å²) in [4.78, 5) is 86.3. The van der Waals surface area contributed by atoms with Crippen molar-refractivity contribution >= 4 is 57.5 Å². The first-order chi connectivity index (χ1) is 34.4. The molecule has 0 radical (unpaired) electrons. The third-order valence-corrected chi connectivity index (χ3v) is 17.4. The summed E-state index contributed by atoms with van der Waals surface area (Å²) in [5.41, 5.74) is -9.25. The zero-order chi connectivity index (χ0) is 54.3. The number of ketones is 1. The average Bonchev–Trinajstić information content (AvgIpc) is 3.34. The third-order valence-electron chi connectivity index (χ3n) is 14.9. The van der Waals surface area contributed by atoms with Gasteiger partial charge in [-0.15, -0.1) is 0 Å². The van der Waals surface area contributed by atoms with Crippen molar-refractivity contribution < 1.29 is 76.5 Å². The fraction of sp³-hybridized carbons (Fsp3) is 0.630. The molecule has 2 aromatic rings. The average molecular weight is 1060 g/mol. The van der Waals surface area contributed by atoms with E-state index in [1.165, 1.54) is 44.1 Å². The molecule has 3 fully saturated rings. The van der Waals surface area contributed by atoms with E-state index >= 15 is 9.59 Å². The Morgan fingerprint density at radius 1 is 0.904 bits per heavy atom. The Labute approximate surface area is 437 Å². The van der Waals surface area contributed by atoms with Gasteiger partial charge < -0.3 is 53.1 Å². The van der Waals surface area contributed by atoms with Crippen LogP contribution in [0.5, 0.6) is 0 Å². The summed E-state index contributed by atoms with van der Waals surface area (Å²) in [5, 5.41) is 16.8. The van der Waals surface area contributed by atoms with Crippen molar-refractivity contribution in [3.05, 3.63) is 82.9 Å². The normalized spacial score (nSPS) is 29.8. The number of carbonyl (C=O) groups excluding carboxylic acids is 6. The van der Waals surface area contributed by atoms with E-state index in [4.69, 9.17) is 42.6 Å². The largest absolute Gasteiger partial charge is 0.509 e. The van der Waals surface area contributed by atoms with Gasteiger partial charge in [-0.05, 0) is 69.9 Å². The first-order valence-electron chi connectivity index (χ1n) is 24.8. The standard InChI is InChI=1S/C52H69NO16S2.C2H6/c1-13-25-70-71-26-24-63-46(59)66-40(38(32-20-16-14-17-21-32)53-45(58)69-47(4,5)6)43(57)65-34-28-51(60)44(67-42(56)33-22-18-15-19-23-33)50(10)49(9,41(55)39(62-12)37(30(34)2)48(51,7)8)35(61-11)27-36-52(50,29-64-36)68-31(3)54;1-2/h14-23,34-36,38-40,44,60H,13,24-29H2,1-12H3,(H,53,58);1-2H3/t34-,35-,36+,38-,39+,40+,44-,49-,50-,51+,52-;/m0./s1. The Bertz CT molecular complexity index is 2320. The molecule has 4 aliphatic rings. The second-order valence-electron chi connectivity index (χ2n) is 20.4. The molecule has 17 nitrogen and oxygen atoms in total. The van der Waals surface area contributed by atoms with Gasteiger partial charge in [-0.2, -0.15) is 0 Å². The number of Topliss-reactive ketones (excluding diaryl/α,β-unsaturated/α-hetero) is 1. The Hall–Kier alpha value is -4.66. The van der Waals surface area contributed by atoms with Gasteiger partial charge in [-0.1, -0.05) is 112 Å². The summed E-state index contributed by atoms with van der Waals surface area (Å²) in [6, 6.07) is 14.9. The first-order valence-corrected chi connectivity index (χ1v) is 27.3. The molecular formula is C54H75NO16S2. The highest BCUT2D eigenvalue weighted by Crippen LogP contribution is 2.70. The van der Waals surface area contributed by atoms with Crippen LogP contribution in [0.3, 0.4) is 0 Å². The van der Waals surface area contributed by atoms with Gasteiger partial charge in [0.15, 0.2) is 11.4 Å². The molecule has 0 spiro atoms. The maximum absolute atomic E-state index is 16.0. The van der Waals surface area contributed by atoms with Crippen molar-refractivity contribution in [2.24, 2.45) is 16.2 Å². The SMILES string of the molecule is CC.CCCSSCCOC(=O)O[C@@H](C(=O)O[C@H]1C[C@@]2(O)[C@@H](OC(=O)c3ccccc3)[C@]3(C)[C@]4(OC(C)=O)CO[C@@H]4C[C@H](OC)[C@@]3(C)C(=O)[C@H](OC)C(=C1C)C2(C)C)[C@@H](NC(=O)OC(C)(C)C)c1ccccc1. The van der Waals surface area contributed by atoms with Gasteiger partial charge in [0.25, 0.3) is 0 Å². The van der Waals surface area contributed by atoms with E-state index in [1.807, 2.05) is 13.8 Å². The lowest BCUT2D eigenvalue weighted by Gasteiger charge is -2.72. The fourth-order valence-corrected chi connectivity index (χ4v) is 13.1. The maximum atomic E-state index is 16.0. The van der Waals surface area contributed by atoms with Gasteiger partial charge in [0, 0.05) is 50.9 Å². The van der Waals surface area contributed by atoms with E-state index in [9.17, 15) is 24.3 Å². The number of hydrogen-bond acceptors (Lipinski definition) is 18. The van der Waals surface area contributed by atoms with Crippen molar-refractivity contribution in [2.75, 3.05) is 38.9 Å². The van der Waals surface area contributed by atoms with Crippen LogP contribution in [0.15, 0.2) is 71.8 Å². The number of amides is 1. The van der Waals surface area contributed by atoms with Crippen LogP contribution in [0.1, 0.15) is 124 Å². The molecule has 2 bridgehead atoms. The second-order valence-corrected chi connectivity index (χ2v) is 23.1. The highest BCUT2D eigenvalue weighted by Gasteiger charge is 2.84. The minimum Gasteiger partial charge on any atom is -0.455 e. The molecule has 1 amide bonds. The number of ether oxygens (including phenoxy) is 9. The first kappa shape index (κ1) is 59.2. The van der Waals surface area contributed by atoms with E-state index in [1.54, 1.807) is 115 Å². The number of alkyl carbamates (subject to hydrolysis) is 1. The molecule has 2 N–H and O–H groups in total. The highest BCUT2D eigenvalue weighted by atomic mass is 33.1. The van der Waals surface area contributed by atoms with Crippen LogP contribution >= 0.6 is 21.6 Å². The molecule has 11 atom stereocenters. The van der Waals surface area contributed by atoms with E-state index < -0.39 is 118 Å². The van der Waals surface area contributed by atoms with Crippen LogP contribution in [0, 0.1) is 16.2 Å². The summed E-state index contributed by atoms with van der Waals surface area (Å²) in [6.07, 6.45) is -10.1. The number of rotatable bonds is 17. The number of hydrogen-bond donors (Lipinski definition) is 2. The predicted molar refractivity (Wildman–Crippen MR) is 275 cm³/mol. The monoisotopic (exact) mass is 1060 g/mol. The number of benzene rings is 2. The van der Waals surface area contributed by atoms with Crippen LogP contribution in [0.25, 0.3) is 0 Å². The minimum atomic E-state index is -2.33. The Morgan fingerprint density at radius 2 is 1.52 bits per heavy atom. The minimum absolute atomic E-state index is 0.0642. The van der Waals surface area contributed by atoms with Gasteiger partial charge in [-0.3, -0.25) is 9.59 Å². The number of aliphatic hydroxyl groups is 1. The summed E-state index contributed by atoms with van der Waals surface area (Å²) in [7, 11) is 5.89. The molecule has 3 aliphatic carbocycles. The van der Waals surface area contributed by atoms with E-state index in [-0.39, 0.29) is 30.8 Å². The zero-order valence-corrected chi connectivity index (χ0v) is 46.3. The molecule has 1 aliphatic heterocycles. The van der Waals surface area contributed by atoms with Crippen LogP contribution < -0.4 is 5.32 Å². The van der Waals surface area contributed by atoms with E-state index in [0.29, 0.717) is 16.9 Å². The van der Waals surface area contributed by atoms with E-state index in [0.717, 1.165) is 12.2 Å². The van der Waals surface area contributed by atoms with E-state index in [2.05, 4.69) is 12.2 Å². The quantitative estimate of drug-likeness (QED) is 0.0497. The maximum Gasteiger partial charge on any atom is 0.509 e. The summed E-state index contributed by atoms with van der Waals surface area (Å²) >= 11 is 0. The number of fused-ring (bicyclic) bond motifs is 5. The summed E-state index contributed by atoms with van der Waals surface area (Å²) in [6.45, 7) is 20.2. The molecule has 0 aromatic heterocycles. The molecule has 2 aromatic carbocycles. The summed E-state index contributed by atoms with van der Waals surface area (Å²) in [5.74, 6) is -2.01. The molecule has 6 rings (SSSR count). The topological polar surface area (TPSA) is 218 Å². The van der Waals surface area contributed by atoms with Crippen molar-refractivity contribution in [3.63, 3.8) is 0 Å². The Balaban J connectivity index is 0.00000488. The van der Waals surface area contributed by atoms with Crippen molar-refractivity contribution in [1.82, 2.24) is 5.32 Å². The van der Waals surface area contributed by atoms with Gasteiger partial charge in [-0.25, -0.2) is 19.2 Å². The predicted octanol–water partition coefficient (Wildman–Crippen LogP) is 8.94. The van der Waals surface area contributed by atoms with Crippen LogP contribution in [0.4, 0.5) is 9.59 Å². The molecule has 19 heteroatoms. The molecule has 404 valence electrons. The van der Waals surface area contributed by atoms with Crippen LogP contribution in [0.2, 0.25) is 0 Å². The molecule has 73 heavy (non-hydrogen) atoms. The Morgan fingerprint density at radius 3 is 2.07 bits per heavy atom. The molecule has 1 heterocycles. The fourth-order valence-electron chi connectivity index (χ4n) is 11.1. The molecule has 2 saturated carbocycles. The van der Waals surface area contributed by atoms with Crippen molar-refractivity contribution in [2.45, 2.75) is 162 Å². The van der Waals surface area contributed by atoms with Crippen LogP contribution in [-0.2, 0) is 57.0 Å².